The van der Waals surface area contributed by atoms with E-state index in [9.17, 15) is 0 Å². The standard InChI is InChI=1S/C14H17NOS/c1-11-4-6-13(7-5-11)16-10-12(15)9-14-3-2-8-17-14/h2-8,12H,9-10,15H2,1H3. The molecule has 2 rings (SSSR count). The third kappa shape index (κ3) is 3.88. The predicted molar refractivity (Wildman–Crippen MR) is 72.7 cm³/mol. The Morgan fingerprint density at radius 3 is 2.65 bits per heavy atom. The number of benzene rings is 1. The number of rotatable bonds is 5. The predicted octanol–water partition coefficient (Wildman–Crippen LogP) is 3.01. The molecular weight excluding hydrogens is 230 g/mol. The van der Waals surface area contributed by atoms with Gasteiger partial charge in [0.2, 0.25) is 0 Å². The van der Waals surface area contributed by atoms with Crippen molar-refractivity contribution in [3.63, 3.8) is 0 Å². The Balaban J connectivity index is 1.79. The Morgan fingerprint density at radius 2 is 2.00 bits per heavy atom. The molecule has 0 radical (unpaired) electrons. The number of ether oxygens (including phenoxy) is 1. The SMILES string of the molecule is Cc1ccc(OCC(N)Cc2cccs2)cc1. The Morgan fingerprint density at radius 1 is 1.24 bits per heavy atom. The van der Waals surface area contributed by atoms with Crippen molar-refractivity contribution in [2.24, 2.45) is 5.73 Å². The molecule has 17 heavy (non-hydrogen) atoms. The second-order valence-electron chi connectivity index (χ2n) is 4.17. The number of thiophene rings is 1. The average Bonchev–Trinajstić information content (AvgIpc) is 2.81. The molecule has 1 heterocycles. The molecule has 1 unspecified atom stereocenters. The summed E-state index contributed by atoms with van der Waals surface area (Å²) in [5, 5.41) is 2.07. The highest BCUT2D eigenvalue weighted by Gasteiger charge is 2.05. The van der Waals surface area contributed by atoms with E-state index in [1.165, 1.54) is 10.4 Å². The summed E-state index contributed by atoms with van der Waals surface area (Å²) in [6.45, 7) is 2.62. The first-order valence-electron chi connectivity index (χ1n) is 5.71. The molecular formula is C14H17NOS. The molecule has 1 aromatic heterocycles. The van der Waals surface area contributed by atoms with Gasteiger partial charge in [-0.1, -0.05) is 23.8 Å². The maximum atomic E-state index is 6.02. The van der Waals surface area contributed by atoms with Gasteiger partial charge in [0.15, 0.2) is 0 Å². The van der Waals surface area contributed by atoms with Gasteiger partial charge in [0.1, 0.15) is 12.4 Å². The van der Waals surface area contributed by atoms with Crippen LogP contribution in [0.2, 0.25) is 0 Å². The van der Waals surface area contributed by atoms with Crippen LogP contribution in [0.5, 0.6) is 5.75 Å². The van der Waals surface area contributed by atoms with E-state index in [2.05, 4.69) is 18.4 Å². The van der Waals surface area contributed by atoms with Crippen LogP contribution in [0, 0.1) is 6.92 Å². The van der Waals surface area contributed by atoms with Crippen molar-refractivity contribution < 1.29 is 4.74 Å². The number of nitrogens with two attached hydrogens (primary N) is 1. The molecule has 0 aliphatic rings. The minimum absolute atomic E-state index is 0.0509. The summed E-state index contributed by atoms with van der Waals surface area (Å²) in [5.41, 5.74) is 7.26. The lowest BCUT2D eigenvalue weighted by molar-refractivity contribution is 0.288. The Labute approximate surface area is 106 Å². The van der Waals surface area contributed by atoms with E-state index >= 15 is 0 Å². The zero-order valence-electron chi connectivity index (χ0n) is 9.93. The number of hydrogen-bond donors (Lipinski definition) is 1. The van der Waals surface area contributed by atoms with Crippen LogP contribution in [0.1, 0.15) is 10.4 Å². The van der Waals surface area contributed by atoms with Gasteiger partial charge in [0.25, 0.3) is 0 Å². The van der Waals surface area contributed by atoms with Crippen LogP contribution < -0.4 is 10.5 Å². The largest absolute Gasteiger partial charge is 0.492 e. The van der Waals surface area contributed by atoms with Gasteiger partial charge in [-0.25, -0.2) is 0 Å². The van der Waals surface area contributed by atoms with E-state index in [1.54, 1.807) is 11.3 Å². The molecule has 1 atom stereocenters. The van der Waals surface area contributed by atoms with Crippen LogP contribution in [0.25, 0.3) is 0 Å². The minimum Gasteiger partial charge on any atom is -0.492 e. The van der Waals surface area contributed by atoms with Crippen LogP contribution >= 0.6 is 11.3 Å². The molecule has 2 N–H and O–H groups in total. The molecule has 3 heteroatoms. The van der Waals surface area contributed by atoms with E-state index in [0.29, 0.717) is 6.61 Å². The van der Waals surface area contributed by atoms with Gasteiger partial charge in [0, 0.05) is 17.3 Å². The van der Waals surface area contributed by atoms with Gasteiger partial charge >= 0.3 is 0 Å². The summed E-state index contributed by atoms with van der Waals surface area (Å²) in [6, 6.07) is 12.2. The normalized spacial score (nSPS) is 12.4. The van der Waals surface area contributed by atoms with E-state index in [0.717, 1.165) is 12.2 Å². The second-order valence-corrected chi connectivity index (χ2v) is 5.20. The van der Waals surface area contributed by atoms with Gasteiger partial charge in [-0.3, -0.25) is 0 Å². The van der Waals surface area contributed by atoms with Gasteiger partial charge in [-0.15, -0.1) is 11.3 Å². The fourth-order valence-electron chi connectivity index (χ4n) is 1.58. The third-order valence-corrected chi connectivity index (χ3v) is 3.43. The first-order chi connectivity index (χ1) is 8.24. The van der Waals surface area contributed by atoms with Crippen molar-refractivity contribution in [3.8, 4) is 5.75 Å². The minimum atomic E-state index is 0.0509. The van der Waals surface area contributed by atoms with E-state index < -0.39 is 0 Å². The molecule has 0 saturated carbocycles. The van der Waals surface area contributed by atoms with Crippen molar-refractivity contribution in [3.05, 3.63) is 52.2 Å². The molecule has 0 amide bonds. The highest BCUT2D eigenvalue weighted by atomic mass is 32.1. The Hall–Kier alpha value is -1.32. The summed E-state index contributed by atoms with van der Waals surface area (Å²) in [7, 11) is 0. The molecule has 0 aliphatic heterocycles. The van der Waals surface area contributed by atoms with Crippen molar-refractivity contribution in [1.29, 1.82) is 0 Å². The topological polar surface area (TPSA) is 35.2 Å². The van der Waals surface area contributed by atoms with Crippen molar-refractivity contribution in [2.75, 3.05) is 6.61 Å². The highest BCUT2D eigenvalue weighted by molar-refractivity contribution is 7.09. The smallest absolute Gasteiger partial charge is 0.119 e. The first-order valence-corrected chi connectivity index (χ1v) is 6.59. The van der Waals surface area contributed by atoms with Gasteiger partial charge in [-0.2, -0.15) is 0 Å². The fourth-order valence-corrected chi connectivity index (χ4v) is 2.38. The van der Waals surface area contributed by atoms with Crippen LogP contribution in [-0.2, 0) is 6.42 Å². The van der Waals surface area contributed by atoms with Crippen LogP contribution in [0.3, 0.4) is 0 Å². The monoisotopic (exact) mass is 247 g/mol. The van der Waals surface area contributed by atoms with Crippen LogP contribution in [0.4, 0.5) is 0 Å². The molecule has 2 nitrogen and oxygen atoms in total. The lowest BCUT2D eigenvalue weighted by Crippen LogP contribution is -2.29. The van der Waals surface area contributed by atoms with Gasteiger partial charge in [0.05, 0.1) is 0 Å². The van der Waals surface area contributed by atoms with Crippen molar-refractivity contribution in [1.82, 2.24) is 0 Å². The average molecular weight is 247 g/mol. The lowest BCUT2D eigenvalue weighted by Gasteiger charge is -2.12. The second kappa shape index (κ2) is 5.84. The molecule has 0 aliphatic carbocycles. The third-order valence-electron chi connectivity index (χ3n) is 2.53. The molecule has 0 fully saturated rings. The summed E-state index contributed by atoms with van der Waals surface area (Å²) >= 11 is 1.74. The van der Waals surface area contributed by atoms with E-state index in [1.807, 2.05) is 30.3 Å². The maximum Gasteiger partial charge on any atom is 0.119 e. The van der Waals surface area contributed by atoms with Gasteiger partial charge in [-0.05, 0) is 30.5 Å². The molecule has 1 aromatic carbocycles. The summed E-state index contributed by atoms with van der Waals surface area (Å²) < 4.78 is 5.65. The zero-order chi connectivity index (χ0) is 12.1. The summed E-state index contributed by atoms with van der Waals surface area (Å²) in [4.78, 5) is 1.31. The number of hydrogen-bond acceptors (Lipinski definition) is 3. The maximum absolute atomic E-state index is 6.02. The van der Waals surface area contributed by atoms with E-state index in [-0.39, 0.29) is 6.04 Å². The van der Waals surface area contributed by atoms with Gasteiger partial charge < -0.3 is 10.5 Å². The molecule has 0 spiro atoms. The quantitative estimate of drug-likeness (QED) is 0.881. The summed E-state index contributed by atoms with van der Waals surface area (Å²) in [5.74, 6) is 0.886. The van der Waals surface area contributed by atoms with Crippen LogP contribution in [0.15, 0.2) is 41.8 Å². The fraction of sp³-hybridized carbons (Fsp3) is 0.286. The molecule has 2 aromatic rings. The molecule has 0 saturated heterocycles. The number of aryl methyl sites for hydroxylation is 1. The zero-order valence-corrected chi connectivity index (χ0v) is 10.7. The molecule has 90 valence electrons. The first kappa shape index (κ1) is 12.1. The van der Waals surface area contributed by atoms with Crippen molar-refractivity contribution in [2.45, 2.75) is 19.4 Å². The van der Waals surface area contributed by atoms with E-state index in [4.69, 9.17) is 10.5 Å². The highest BCUT2D eigenvalue weighted by Crippen LogP contribution is 2.13. The Kier molecular flexibility index (Phi) is 4.18. The molecule has 0 bridgehead atoms. The van der Waals surface area contributed by atoms with Crippen molar-refractivity contribution >= 4 is 11.3 Å². The summed E-state index contributed by atoms with van der Waals surface area (Å²) in [6.07, 6.45) is 0.879. The van der Waals surface area contributed by atoms with Crippen LogP contribution in [-0.4, -0.2) is 12.6 Å². The lowest BCUT2D eigenvalue weighted by atomic mass is 10.2. The Bertz CT molecular complexity index is 436.